The third kappa shape index (κ3) is 8.26. The van der Waals surface area contributed by atoms with E-state index in [0.29, 0.717) is 5.41 Å². The molecule has 120 valence electrons. The highest BCUT2D eigenvalue weighted by Gasteiger charge is 2.17. The van der Waals surface area contributed by atoms with Crippen LogP contribution in [0, 0.1) is 11.3 Å². The van der Waals surface area contributed by atoms with E-state index < -0.39 is 0 Å². The topological polar surface area (TPSA) is 12.0 Å². The van der Waals surface area contributed by atoms with E-state index in [1.54, 1.807) is 0 Å². The molecule has 0 aliphatic heterocycles. The largest absolute Gasteiger partial charge is 0.317 e. The minimum absolute atomic E-state index is 0.428. The van der Waals surface area contributed by atoms with E-state index >= 15 is 0 Å². The molecule has 0 heterocycles. The Morgan fingerprint density at radius 3 is 2.14 bits per heavy atom. The summed E-state index contributed by atoms with van der Waals surface area (Å²) in [7, 11) is 0. The van der Waals surface area contributed by atoms with Crippen LogP contribution in [0.4, 0.5) is 0 Å². The van der Waals surface area contributed by atoms with Gasteiger partial charge in [0.1, 0.15) is 0 Å². The molecule has 0 fully saturated rings. The van der Waals surface area contributed by atoms with Crippen LogP contribution in [0.5, 0.6) is 0 Å². The Morgan fingerprint density at radius 2 is 1.57 bits per heavy atom. The van der Waals surface area contributed by atoms with E-state index in [0.717, 1.165) is 19.0 Å². The molecule has 1 N–H and O–H groups in total. The van der Waals surface area contributed by atoms with E-state index in [-0.39, 0.29) is 0 Å². The summed E-state index contributed by atoms with van der Waals surface area (Å²) in [5.74, 6) is 0.741. The molecule has 1 nitrogen and oxygen atoms in total. The van der Waals surface area contributed by atoms with Crippen molar-refractivity contribution >= 4 is 0 Å². The van der Waals surface area contributed by atoms with Crippen LogP contribution in [0.1, 0.15) is 65.0 Å². The summed E-state index contributed by atoms with van der Waals surface area (Å²) < 4.78 is 0. The third-order valence-corrected chi connectivity index (χ3v) is 4.16. The van der Waals surface area contributed by atoms with Crippen molar-refractivity contribution in [3.63, 3.8) is 0 Å². The smallest absolute Gasteiger partial charge is 0.00438 e. The first kappa shape index (κ1) is 18.2. The summed E-state index contributed by atoms with van der Waals surface area (Å²) in [6.07, 6.45) is 6.14. The quantitative estimate of drug-likeness (QED) is 0.581. The second kappa shape index (κ2) is 9.25. The molecule has 0 unspecified atom stereocenters. The average molecular weight is 290 g/mol. The van der Waals surface area contributed by atoms with Gasteiger partial charge in [-0.3, -0.25) is 0 Å². The van der Waals surface area contributed by atoms with Gasteiger partial charge >= 0.3 is 0 Å². The lowest BCUT2D eigenvalue weighted by Crippen LogP contribution is -2.23. The Bertz CT molecular complexity index is 375. The molecule has 0 radical (unpaired) electrons. The van der Waals surface area contributed by atoms with Gasteiger partial charge in [0.05, 0.1) is 0 Å². The van der Waals surface area contributed by atoms with Crippen molar-refractivity contribution in [3.8, 4) is 0 Å². The van der Waals surface area contributed by atoms with Gasteiger partial charge in [0, 0.05) is 0 Å². The summed E-state index contributed by atoms with van der Waals surface area (Å²) in [5, 5.41) is 3.51. The number of hydrogen-bond acceptors (Lipinski definition) is 1. The lowest BCUT2D eigenvalue weighted by atomic mass is 9.83. The van der Waals surface area contributed by atoms with E-state index in [1.807, 2.05) is 0 Å². The fourth-order valence-electron chi connectivity index (χ4n) is 2.65. The van der Waals surface area contributed by atoms with Gasteiger partial charge in [-0.2, -0.15) is 0 Å². The molecule has 0 aromatic heterocycles. The molecule has 0 amide bonds. The second-order valence-corrected chi connectivity index (χ2v) is 7.58. The van der Waals surface area contributed by atoms with E-state index in [4.69, 9.17) is 0 Å². The maximum atomic E-state index is 3.51. The summed E-state index contributed by atoms with van der Waals surface area (Å²) >= 11 is 0. The van der Waals surface area contributed by atoms with Crippen LogP contribution < -0.4 is 5.32 Å². The Labute approximate surface area is 132 Å². The van der Waals surface area contributed by atoms with Crippen molar-refractivity contribution in [2.75, 3.05) is 13.1 Å². The lowest BCUT2D eigenvalue weighted by molar-refractivity contribution is 0.302. The van der Waals surface area contributed by atoms with Gasteiger partial charge in [0.25, 0.3) is 0 Å². The third-order valence-electron chi connectivity index (χ3n) is 4.16. The van der Waals surface area contributed by atoms with Crippen LogP contribution in [0.25, 0.3) is 0 Å². The molecule has 1 rings (SSSR count). The summed E-state index contributed by atoms with van der Waals surface area (Å²) in [6, 6.07) is 9.27. The number of nitrogens with one attached hydrogen (secondary N) is 1. The van der Waals surface area contributed by atoms with Crippen molar-refractivity contribution in [1.82, 2.24) is 5.32 Å². The van der Waals surface area contributed by atoms with E-state index in [1.165, 1.54) is 43.2 Å². The van der Waals surface area contributed by atoms with Gasteiger partial charge in [-0.25, -0.2) is 0 Å². The molecule has 0 saturated carbocycles. The van der Waals surface area contributed by atoms with Crippen LogP contribution in [0.3, 0.4) is 0 Å². The number of benzene rings is 1. The van der Waals surface area contributed by atoms with E-state index in [2.05, 4.69) is 64.2 Å². The molecule has 0 spiro atoms. The molecule has 1 aromatic carbocycles. The molecule has 0 aliphatic carbocycles. The van der Waals surface area contributed by atoms with Crippen LogP contribution in [0.2, 0.25) is 0 Å². The lowest BCUT2D eigenvalue weighted by Gasteiger charge is -2.25. The minimum Gasteiger partial charge on any atom is -0.317 e. The first-order valence-electron chi connectivity index (χ1n) is 8.71. The number of hydrogen-bond donors (Lipinski definition) is 1. The highest BCUT2D eigenvalue weighted by molar-refractivity contribution is 5.23. The van der Waals surface area contributed by atoms with Gasteiger partial charge in [0.15, 0.2) is 0 Å². The summed E-state index contributed by atoms with van der Waals surface area (Å²) in [4.78, 5) is 0. The second-order valence-electron chi connectivity index (χ2n) is 7.58. The Morgan fingerprint density at radius 1 is 0.952 bits per heavy atom. The van der Waals surface area contributed by atoms with Gasteiger partial charge in [-0.15, -0.1) is 0 Å². The molecule has 0 bridgehead atoms. The first-order valence-corrected chi connectivity index (χ1v) is 8.71. The first-order chi connectivity index (χ1) is 9.93. The van der Waals surface area contributed by atoms with Crippen LogP contribution in [-0.2, 0) is 12.8 Å². The maximum absolute atomic E-state index is 3.51. The molecule has 0 aliphatic rings. The van der Waals surface area contributed by atoms with Gasteiger partial charge < -0.3 is 5.32 Å². The Balaban J connectivity index is 2.36. The molecule has 0 atom stereocenters. The van der Waals surface area contributed by atoms with Crippen molar-refractivity contribution in [2.24, 2.45) is 11.3 Å². The SMILES string of the molecule is CCCNCCC(C)(C)CCc1ccc(CC(C)C)cc1. The number of rotatable bonds is 10. The highest BCUT2D eigenvalue weighted by atomic mass is 14.8. The molecule has 0 saturated heterocycles. The summed E-state index contributed by atoms with van der Waals surface area (Å²) in [6.45, 7) is 13.9. The predicted molar refractivity (Wildman–Crippen MR) is 94.9 cm³/mol. The normalized spacial score (nSPS) is 12.1. The minimum atomic E-state index is 0.428. The number of aryl methyl sites for hydroxylation is 1. The van der Waals surface area contributed by atoms with Crippen LogP contribution in [0.15, 0.2) is 24.3 Å². The zero-order valence-electron chi connectivity index (χ0n) is 14.8. The standard InChI is InChI=1S/C20H35N/c1-6-14-21-15-13-20(4,5)12-11-18-7-9-19(10-8-18)16-17(2)3/h7-10,17,21H,6,11-16H2,1-5H3. The monoisotopic (exact) mass is 289 g/mol. The van der Waals surface area contributed by atoms with Gasteiger partial charge in [-0.05, 0) is 67.7 Å². The van der Waals surface area contributed by atoms with Crippen molar-refractivity contribution in [3.05, 3.63) is 35.4 Å². The van der Waals surface area contributed by atoms with Gasteiger partial charge in [0.2, 0.25) is 0 Å². The molecular formula is C20H35N. The average Bonchev–Trinajstić information content (AvgIpc) is 2.42. The zero-order valence-corrected chi connectivity index (χ0v) is 14.8. The van der Waals surface area contributed by atoms with E-state index in [9.17, 15) is 0 Å². The van der Waals surface area contributed by atoms with Gasteiger partial charge in [-0.1, -0.05) is 58.9 Å². The van der Waals surface area contributed by atoms with Crippen molar-refractivity contribution in [1.29, 1.82) is 0 Å². The predicted octanol–water partition coefficient (Wildman–Crippen LogP) is 5.23. The fourth-order valence-corrected chi connectivity index (χ4v) is 2.65. The summed E-state index contributed by atoms with van der Waals surface area (Å²) in [5.41, 5.74) is 3.38. The maximum Gasteiger partial charge on any atom is -0.00438 e. The Kier molecular flexibility index (Phi) is 8.03. The molecule has 1 aromatic rings. The zero-order chi connectivity index (χ0) is 15.7. The van der Waals surface area contributed by atoms with Crippen LogP contribution >= 0.6 is 0 Å². The van der Waals surface area contributed by atoms with Crippen molar-refractivity contribution in [2.45, 2.75) is 66.7 Å². The Hall–Kier alpha value is -0.820. The molecule has 1 heteroatoms. The van der Waals surface area contributed by atoms with Crippen molar-refractivity contribution < 1.29 is 0 Å². The molecule has 21 heavy (non-hydrogen) atoms. The highest BCUT2D eigenvalue weighted by Crippen LogP contribution is 2.26. The fraction of sp³-hybridized carbons (Fsp3) is 0.700. The van der Waals surface area contributed by atoms with Crippen LogP contribution in [-0.4, -0.2) is 13.1 Å². The molecular weight excluding hydrogens is 254 g/mol.